The first-order valence-electron chi connectivity index (χ1n) is 24.3. The van der Waals surface area contributed by atoms with Gasteiger partial charge in [0.25, 0.3) is 0 Å². The Labute approximate surface area is 382 Å². The zero-order valence-electron chi connectivity index (χ0n) is 40.4. The van der Waals surface area contributed by atoms with Crippen molar-refractivity contribution in [2.24, 2.45) is 17.8 Å². The van der Waals surface area contributed by atoms with Gasteiger partial charge < -0.3 is 69.1 Å². The largest absolute Gasteiger partial charge is 0.459 e. The van der Waals surface area contributed by atoms with E-state index in [1.165, 1.54) is 20.8 Å². The Morgan fingerprint density at radius 3 is 2.25 bits per heavy atom. The topological polar surface area (TPSA) is 217 Å². The Bertz CT molecular complexity index is 1550. The van der Waals surface area contributed by atoms with Gasteiger partial charge in [-0.3, -0.25) is 0 Å². The SMILES string of the molecule is CC[C@@H](O)C[C@H]1CCC[C@@]2(C[C@H]3OC(=O)/C=C/[C@](C)(O)[C@@H](O)[C@@H](C)[C@@H](O)[C@H](OC4CCC(N(C)C)C(C)O4)[C@@H](O)[C@](C)(O)CCCCC/C=C\[C@@H]4CC(C)(C)O[C@]4(O)C[C@@H](O2)[C@H]3C)O1. The number of rotatable bonds is 6. The maximum absolute atomic E-state index is 13.8. The van der Waals surface area contributed by atoms with Crippen LogP contribution in [0.3, 0.4) is 0 Å². The van der Waals surface area contributed by atoms with Crippen molar-refractivity contribution in [1.29, 1.82) is 0 Å². The third-order valence-electron chi connectivity index (χ3n) is 15.0. The number of hydrogen-bond acceptors (Lipinski definition) is 15. The third kappa shape index (κ3) is 13.4. The normalized spacial score (nSPS) is 47.3. The molecule has 5 aliphatic rings. The van der Waals surface area contributed by atoms with E-state index in [4.69, 9.17) is 28.4 Å². The molecule has 64 heavy (non-hydrogen) atoms. The van der Waals surface area contributed by atoms with Gasteiger partial charge in [-0.1, -0.05) is 45.8 Å². The van der Waals surface area contributed by atoms with E-state index < -0.39 is 95.2 Å². The minimum Gasteiger partial charge on any atom is -0.459 e. The second-order valence-corrected chi connectivity index (χ2v) is 21.4. The van der Waals surface area contributed by atoms with Gasteiger partial charge in [0.1, 0.15) is 23.9 Å². The molecule has 0 amide bonds. The predicted molar refractivity (Wildman–Crippen MR) is 239 cm³/mol. The standard InChI is InChI=1S/C49H85NO14/c1-11-34(51)26-35-19-17-24-48(62-35)28-37-30(2)38(63-48)29-49(58)33(27-45(5,6)64-49)18-15-13-12-14-16-23-46(7,56)44(55)42(61-40-21-20-36(50(9)10)32(4)59-40)41(53)31(3)43(54)47(8,57)25-22-39(52)60-37/h15,18,22,25,30-38,40-44,51,53-58H,11-14,16-17,19-21,23-24,26-29H2,1-10H3/b18-15-,25-22+/t30-,31-,32?,33+,34+,35+,36?,37+,38+,40?,41+,42-,43-,44+,46+,47-,48+,49+/m0/s1. The van der Waals surface area contributed by atoms with E-state index in [0.717, 1.165) is 44.3 Å². The molecule has 1 spiro atoms. The van der Waals surface area contributed by atoms with E-state index in [1.54, 1.807) is 0 Å². The summed E-state index contributed by atoms with van der Waals surface area (Å²) in [6, 6.07) is 0.128. The number of ether oxygens (including phenoxy) is 6. The van der Waals surface area contributed by atoms with Crippen LogP contribution in [-0.4, -0.2) is 156 Å². The van der Waals surface area contributed by atoms with E-state index in [-0.39, 0.29) is 43.4 Å². The maximum Gasteiger partial charge on any atom is 0.330 e. The molecule has 370 valence electrons. The number of esters is 1. The molecule has 3 unspecified atom stereocenters. The highest BCUT2D eigenvalue weighted by molar-refractivity contribution is 5.82. The molecule has 7 N–H and O–H groups in total. The van der Waals surface area contributed by atoms with Crippen molar-refractivity contribution in [3.8, 4) is 0 Å². The number of aliphatic hydroxyl groups is 7. The first-order chi connectivity index (χ1) is 29.8. The summed E-state index contributed by atoms with van der Waals surface area (Å²) in [5.41, 5.74) is -4.43. The molecule has 18 atom stereocenters. The number of carbonyl (C=O) groups excluding carboxylic acids is 1. The van der Waals surface area contributed by atoms with Crippen molar-refractivity contribution in [2.75, 3.05) is 14.1 Å². The lowest BCUT2D eigenvalue weighted by atomic mass is 9.79. The molecule has 5 aliphatic heterocycles. The van der Waals surface area contributed by atoms with E-state index in [0.29, 0.717) is 44.9 Å². The Kier molecular flexibility index (Phi) is 18.2. The molecular formula is C49H85NO14. The number of aliphatic hydroxyl groups excluding tert-OH is 4. The van der Waals surface area contributed by atoms with E-state index in [9.17, 15) is 40.5 Å². The highest BCUT2D eigenvalue weighted by Gasteiger charge is 2.56. The maximum atomic E-state index is 13.8. The van der Waals surface area contributed by atoms with Crippen LogP contribution in [0.4, 0.5) is 0 Å². The lowest BCUT2D eigenvalue weighted by molar-refractivity contribution is -0.352. The molecule has 4 saturated heterocycles. The highest BCUT2D eigenvalue weighted by Crippen LogP contribution is 2.49. The van der Waals surface area contributed by atoms with Crippen molar-refractivity contribution in [3.05, 3.63) is 24.3 Å². The van der Waals surface area contributed by atoms with Crippen molar-refractivity contribution in [3.63, 3.8) is 0 Å². The molecule has 15 nitrogen and oxygen atoms in total. The Hall–Kier alpha value is -1.57. The molecule has 2 bridgehead atoms. The first kappa shape index (κ1) is 53.4. The molecule has 5 heterocycles. The van der Waals surface area contributed by atoms with E-state index >= 15 is 0 Å². The van der Waals surface area contributed by atoms with Crippen LogP contribution in [0.25, 0.3) is 0 Å². The lowest BCUT2D eigenvalue weighted by Gasteiger charge is -2.51. The monoisotopic (exact) mass is 912 g/mol. The summed E-state index contributed by atoms with van der Waals surface area (Å²) in [6.07, 6.45) is 4.66. The number of hydrogen-bond donors (Lipinski definition) is 7. The fourth-order valence-corrected chi connectivity index (χ4v) is 10.9. The van der Waals surface area contributed by atoms with Crippen LogP contribution in [0.15, 0.2) is 24.3 Å². The lowest BCUT2D eigenvalue weighted by Crippen LogP contribution is -2.58. The van der Waals surface area contributed by atoms with Crippen LogP contribution < -0.4 is 0 Å². The number of allylic oxidation sites excluding steroid dienone is 1. The molecule has 0 radical (unpaired) electrons. The van der Waals surface area contributed by atoms with E-state index in [2.05, 4.69) is 11.0 Å². The molecule has 5 rings (SSSR count). The number of fused-ring (bicyclic) bond motifs is 3. The van der Waals surface area contributed by atoms with Gasteiger partial charge in [-0.15, -0.1) is 0 Å². The molecule has 15 heteroatoms. The number of nitrogens with zero attached hydrogens (tertiary/aromatic N) is 1. The molecule has 0 aromatic carbocycles. The molecule has 0 aromatic rings. The van der Waals surface area contributed by atoms with Gasteiger partial charge in [0, 0.05) is 49.1 Å². The Morgan fingerprint density at radius 1 is 0.859 bits per heavy atom. The quantitative estimate of drug-likeness (QED) is 0.141. The summed E-state index contributed by atoms with van der Waals surface area (Å²) in [5, 5.41) is 81.8. The molecular weight excluding hydrogens is 827 g/mol. The van der Waals surface area contributed by atoms with Gasteiger partial charge in [0.2, 0.25) is 0 Å². The van der Waals surface area contributed by atoms with Gasteiger partial charge in [0.15, 0.2) is 17.9 Å². The fourth-order valence-electron chi connectivity index (χ4n) is 10.9. The van der Waals surface area contributed by atoms with Gasteiger partial charge in [-0.25, -0.2) is 4.79 Å². The minimum atomic E-state index is -2.08. The summed E-state index contributed by atoms with van der Waals surface area (Å²) in [4.78, 5) is 15.8. The van der Waals surface area contributed by atoms with Crippen LogP contribution in [-0.2, 0) is 33.2 Å². The van der Waals surface area contributed by atoms with Crippen LogP contribution in [0, 0.1) is 17.8 Å². The van der Waals surface area contributed by atoms with Crippen molar-refractivity contribution >= 4 is 5.97 Å². The second kappa shape index (κ2) is 21.8. The Balaban J connectivity index is 1.45. The number of carbonyl (C=O) groups is 1. The summed E-state index contributed by atoms with van der Waals surface area (Å²) in [7, 11) is 3.94. The van der Waals surface area contributed by atoms with Gasteiger partial charge in [-0.2, -0.15) is 0 Å². The van der Waals surface area contributed by atoms with Crippen molar-refractivity contribution in [2.45, 2.75) is 247 Å². The zero-order chi connectivity index (χ0) is 47.4. The first-order valence-corrected chi connectivity index (χ1v) is 24.3. The summed E-state index contributed by atoms with van der Waals surface area (Å²) in [6.45, 7) is 14.0. The van der Waals surface area contributed by atoms with Crippen LogP contribution in [0.1, 0.15) is 152 Å². The second-order valence-electron chi connectivity index (χ2n) is 21.4. The van der Waals surface area contributed by atoms with Gasteiger partial charge in [0.05, 0.1) is 47.8 Å². The van der Waals surface area contributed by atoms with Gasteiger partial charge in [-0.05, 0) is 119 Å². The van der Waals surface area contributed by atoms with Crippen molar-refractivity contribution in [1.82, 2.24) is 4.90 Å². The molecule has 4 fully saturated rings. The summed E-state index contributed by atoms with van der Waals surface area (Å²) in [5.74, 6) is -5.49. The number of likely N-dealkylation sites (N-methyl/N-ethyl adjacent to an activating group) is 1. The molecule has 0 aromatic heterocycles. The van der Waals surface area contributed by atoms with Crippen LogP contribution in [0.5, 0.6) is 0 Å². The van der Waals surface area contributed by atoms with Crippen molar-refractivity contribution < 1.29 is 69.0 Å². The van der Waals surface area contributed by atoms with Crippen LogP contribution in [0.2, 0.25) is 0 Å². The smallest absolute Gasteiger partial charge is 0.330 e. The fraction of sp³-hybridized carbons (Fsp3) is 0.898. The average Bonchev–Trinajstić information content (AvgIpc) is 3.45. The average molecular weight is 912 g/mol. The molecule has 0 saturated carbocycles. The predicted octanol–water partition coefficient (Wildman–Crippen LogP) is 4.78. The van der Waals surface area contributed by atoms with Crippen LogP contribution >= 0.6 is 0 Å². The molecule has 0 aliphatic carbocycles. The van der Waals surface area contributed by atoms with Gasteiger partial charge >= 0.3 is 5.97 Å². The highest BCUT2D eigenvalue weighted by atomic mass is 16.7. The minimum absolute atomic E-state index is 0.0790. The van der Waals surface area contributed by atoms with E-state index in [1.807, 2.05) is 54.8 Å². The zero-order valence-corrected chi connectivity index (χ0v) is 40.4. The Morgan fingerprint density at radius 2 is 1.58 bits per heavy atom. The summed E-state index contributed by atoms with van der Waals surface area (Å²) >= 11 is 0. The third-order valence-corrected chi connectivity index (χ3v) is 15.0. The summed E-state index contributed by atoms with van der Waals surface area (Å²) < 4.78 is 38.7.